The van der Waals surface area contributed by atoms with E-state index in [9.17, 15) is 9.18 Å². The molecule has 0 radical (unpaired) electrons. The molecule has 2 aliphatic rings. The fraction of sp³-hybridized carbons (Fsp3) is 0.545. The van der Waals surface area contributed by atoms with Crippen molar-refractivity contribution in [1.29, 1.82) is 0 Å². The number of guanidine groups is 1. The molecule has 2 heterocycles. The van der Waals surface area contributed by atoms with E-state index in [1.807, 2.05) is 17.2 Å². The Morgan fingerprint density at radius 3 is 2.87 bits per heavy atom. The van der Waals surface area contributed by atoms with Crippen molar-refractivity contribution < 1.29 is 9.18 Å². The summed E-state index contributed by atoms with van der Waals surface area (Å²) in [4.78, 5) is 22.1. The van der Waals surface area contributed by atoms with Gasteiger partial charge in [0.15, 0.2) is 5.96 Å². The lowest BCUT2D eigenvalue weighted by Gasteiger charge is -2.21. The molecule has 30 heavy (non-hydrogen) atoms. The Morgan fingerprint density at radius 2 is 2.10 bits per heavy atom. The van der Waals surface area contributed by atoms with Crippen molar-refractivity contribution in [3.63, 3.8) is 0 Å². The first-order valence-electron chi connectivity index (χ1n) is 10.7. The van der Waals surface area contributed by atoms with E-state index in [2.05, 4.69) is 20.6 Å². The molecule has 1 aromatic carbocycles. The molecule has 4 rings (SSSR count). The van der Waals surface area contributed by atoms with Gasteiger partial charge in [0.25, 0.3) is 0 Å². The molecule has 1 saturated carbocycles. The fourth-order valence-electron chi connectivity index (χ4n) is 4.58. The number of rotatable bonds is 5. The number of likely N-dealkylation sites (tertiary alicyclic amines) is 1. The smallest absolute Gasteiger partial charge is 0.225 e. The second-order valence-corrected chi connectivity index (χ2v) is 8.15. The molecule has 1 aliphatic carbocycles. The Morgan fingerprint density at radius 1 is 1.30 bits per heavy atom. The summed E-state index contributed by atoms with van der Waals surface area (Å²) in [5.74, 6) is 1.11. The number of aliphatic imine (C=N–C) groups is 1. The summed E-state index contributed by atoms with van der Waals surface area (Å²) in [7, 11) is 1.76. The van der Waals surface area contributed by atoms with Crippen molar-refractivity contribution in [2.75, 3.05) is 26.7 Å². The standard InChI is InChI=1S/C22H30FN5O.HI/c1-24-22(25-10-8-16-13-26-20-12-17(23)6-7-19(16)20)27-18-9-11-28(14-18)21(29)15-4-2-3-5-15;/h6-7,12-13,15,18,26H,2-5,8-11,14H2,1H3,(H2,24,25,27);1H. The van der Waals surface area contributed by atoms with Gasteiger partial charge in [0.2, 0.25) is 5.91 Å². The number of H-pyrrole nitrogens is 1. The summed E-state index contributed by atoms with van der Waals surface area (Å²) < 4.78 is 13.3. The van der Waals surface area contributed by atoms with Crippen LogP contribution in [0.15, 0.2) is 29.4 Å². The van der Waals surface area contributed by atoms with E-state index >= 15 is 0 Å². The van der Waals surface area contributed by atoms with Gasteiger partial charge in [0, 0.05) is 55.7 Å². The van der Waals surface area contributed by atoms with Gasteiger partial charge in [-0.3, -0.25) is 9.79 Å². The highest BCUT2D eigenvalue weighted by atomic mass is 127. The molecule has 1 aromatic heterocycles. The molecule has 8 heteroatoms. The maximum Gasteiger partial charge on any atom is 0.225 e. The number of carbonyl (C=O) groups is 1. The zero-order valence-electron chi connectivity index (χ0n) is 17.4. The van der Waals surface area contributed by atoms with Crippen molar-refractivity contribution in [3.05, 3.63) is 35.8 Å². The van der Waals surface area contributed by atoms with Gasteiger partial charge < -0.3 is 20.5 Å². The highest BCUT2D eigenvalue weighted by Crippen LogP contribution is 2.27. The summed E-state index contributed by atoms with van der Waals surface area (Å²) in [5, 5.41) is 7.86. The van der Waals surface area contributed by atoms with Gasteiger partial charge >= 0.3 is 0 Å². The first kappa shape index (κ1) is 22.8. The predicted molar refractivity (Wildman–Crippen MR) is 129 cm³/mol. The van der Waals surface area contributed by atoms with Crippen molar-refractivity contribution >= 4 is 46.7 Å². The highest BCUT2D eigenvalue weighted by molar-refractivity contribution is 14.0. The van der Waals surface area contributed by atoms with Crippen LogP contribution in [0.1, 0.15) is 37.7 Å². The van der Waals surface area contributed by atoms with Crippen LogP contribution in [0.2, 0.25) is 0 Å². The van der Waals surface area contributed by atoms with Crippen molar-refractivity contribution in [2.24, 2.45) is 10.9 Å². The number of fused-ring (bicyclic) bond motifs is 1. The highest BCUT2D eigenvalue weighted by Gasteiger charge is 2.32. The van der Waals surface area contributed by atoms with E-state index in [1.54, 1.807) is 7.05 Å². The molecule has 2 aromatic rings. The second kappa shape index (κ2) is 10.5. The van der Waals surface area contributed by atoms with Gasteiger partial charge in [0.05, 0.1) is 0 Å². The Labute approximate surface area is 194 Å². The number of aromatic amines is 1. The third-order valence-corrected chi connectivity index (χ3v) is 6.19. The van der Waals surface area contributed by atoms with Gasteiger partial charge in [-0.25, -0.2) is 4.39 Å². The van der Waals surface area contributed by atoms with Crippen LogP contribution in [0.25, 0.3) is 10.9 Å². The lowest BCUT2D eigenvalue weighted by Crippen LogP contribution is -2.45. The maximum absolute atomic E-state index is 13.3. The molecule has 2 fully saturated rings. The molecule has 164 valence electrons. The van der Waals surface area contributed by atoms with Gasteiger partial charge in [-0.2, -0.15) is 0 Å². The van der Waals surface area contributed by atoms with Crippen LogP contribution >= 0.6 is 24.0 Å². The third-order valence-electron chi connectivity index (χ3n) is 6.19. The molecule has 1 amide bonds. The van der Waals surface area contributed by atoms with E-state index in [0.29, 0.717) is 5.91 Å². The van der Waals surface area contributed by atoms with Crippen LogP contribution in [0.3, 0.4) is 0 Å². The largest absolute Gasteiger partial charge is 0.361 e. The molecule has 1 aliphatic heterocycles. The van der Waals surface area contributed by atoms with Gasteiger partial charge in [0.1, 0.15) is 5.82 Å². The Kier molecular flexibility index (Phi) is 7.96. The van der Waals surface area contributed by atoms with Gasteiger partial charge in [-0.15, -0.1) is 24.0 Å². The molecule has 1 saturated heterocycles. The molecule has 0 spiro atoms. The zero-order chi connectivity index (χ0) is 20.2. The van der Waals surface area contributed by atoms with Crippen LogP contribution < -0.4 is 10.6 Å². The molecule has 0 bridgehead atoms. The average molecular weight is 527 g/mol. The molecular weight excluding hydrogens is 496 g/mol. The van der Waals surface area contributed by atoms with Crippen LogP contribution in [0.4, 0.5) is 4.39 Å². The van der Waals surface area contributed by atoms with Crippen LogP contribution in [-0.2, 0) is 11.2 Å². The lowest BCUT2D eigenvalue weighted by molar-refractivity contribution is -0.134. The van der Waals surface area contributed by atoms with Crippen LogP contribution in [0, 0.1) is 11.7 Å². The number of hydrogen-bond donors (Lipinski definition) is 3. The number of halogens is 2. The van der Waals surface area contributed by atoms with Crippen LogP contribution in [-0.4, -0.2) is 54.5 Å². The van der Waals surface area contributed by atoms with E-state index < -0.39 is 0 Å². The topological polar surface area (TPSA) is 72.5 Å². The monoisotopic (exact) mass is 527 g/mol. The predicted octanol–water partition coefficient (Wildman–Crippen LogP) is 3.42. The number of aromatic nitrogens is 1. The first-order chi connectivity index (χ1) is 14.1. The number of hydrogen-bond acceptors (Lipinski definition) is 2. The summed E-state index contributed by atoms with van der Waals surface area (Å²) in [5.41, 5.74) is 1.97. The summed E-state index contributed by atoms with van der Waals surface area (Å²) in [6.45, 7) is 2.31. The normalized spacial score (nSPS) is 19.9. The summed E-state index contributed by atoms with van der Waals surface area (Å²) >= 11 is 0. The zero-order valence-corrected chi connectivity index (χ0v) is 19.7. The number of nitrogens with one attached hydrogen (secondary N) is 3. The minimum absolute atomic E-state index is 0. The number of benzene rings is 1. The van der Waals surface area contributed by atoms with E-state index in [0.717, 1.165) is 67.7 Å². The van der Waals surface area contributed by atoms with Gasteiger partial charge in [-0.05, 0) is 49.4 Å². The fourth-order valence-corrected chi connectivity index (χ4v) is 4.58. The minimum atomic E-state index is -0.231. The molecule has 6 nitrogen and oxygen atoms in total. The molecule has 1 unspecified atom stereocenters. The summed E-state index contributed by atoms with van der Waals surface area (Å²) in [6.07, 6.45) is 8.18. The van der Waals surface area contributed by atoms with Crippen molar-refractivity contribution in [1.82, 2.24) is 20.5 Å². The second-order valence-electron chi connectivity index (χ2n) is 8.15. The first-order valence-corrected chi connectivity index (χ1v) is 10.7. The third kappa shape index (κ3) is 5.25. The average Bonchev–Trinajstić information content (AvgIpc) is 3.48. The Hall–Kier alpha value is -1.84. The Balaban J connectivity index is 0.00000256. The van der Waals surface area contributed by atoms with E-state index in [-0.39, 0.29) is 41.8 Å². The number of carbonyl (C=O) groups excluding carboxylic acids is 1. The molecular formula is C22H31FIN5O. The summed E-state index contributed by atoms with van der Waals surface area (Å²) in [6, 6.07) is 5.07. The Bertz CT molecular complexity index is 893. The molecule has 3 N–H and O–H groups in total. The van der Waals surface area contributed by atoms with E-state index in [1.165, 1.54) is 25.0 Å². The quantitative estimate of drug-likeness (QED) is 0.317. The number of amides is 1. The van der Waals surface area contributed by atoms with Crippen molar-refractivity contribution in [2.45, 2.75) is 44.6 Å². The van der Waals surface area contributed by atoms with Gasteiger partial charge in [-0.1, -0.05) is 12.8 Å². The van der Waals surface area contributed by atoms with E-state index in [4.69, 9.17) is 0 Å². The van der Waals surface area contributed by atoms with Crippen molar-refractivity contribution in [3.8, 4) is 0 Å². The number of nitrogens with zero attached hydrogens (tertiary/aromatic N) is 2. The molecule has 1 atom stereocenters. The SMILES string of the molecule is CN=C(NCCc1c[nH]c2cc(F)ccc12)NC1CCN(C(=O)C2CCCC2)C1.I. The lowest BCUT2D eigenvalue weighted by atomic mass is 10.1. The maximum atomic E-state index is 13.3. The minimum Gasteiger partial charge on any atom is -0.361 e. The van der Waals surface area contributed by atoms with Crippen LogP contribution in [0.5, 0.6) is 0 Å².